The Morgan fingerprint density at radius 1 is 0.727 bits per heavy atom. The van der Waals surface area contributed by atoms with E-state index >= 15 is 0 Å². The van der Waals surface area contributed by atoms with Crippen molar-refractivity contribution in [3.63, 3.8) is 0 Å². The number of amides is 2. The van der Waals surface area contributed by atoms with Crippen LogP contribution in [0.3, 0.4) is 0 Å². The summed E-state index contributed by atoms with van der Waals surface area (Å²) in [5.41, 5.74) is 6.19. The summed E-state index contributed by atoms with van der Waals surface area (Å²) in [7, 11) is 0. The summed E-state index contributed by atoms with van der Waals surface area (Å²) in [5.74, 6) is -0.864. The molecule has 0 aliphatic heterocycles. The van der Waals surface area contributed by atoms with Gasteiger partial charge in [0.25, 0.3) is 5.91 Å². The second kappa shape index (κ2) is 19.0. The third-order valence-corrected chi connectivity index (χ3v) is 9.59. The number of benzene rings is 4. The molecule has 0 aliphatic rings. The molecule has 286 valence electrons. The number of ether oxygens (including phenoxy) is 1. The van der Waals surface area contributed by atoms with Crippen LogP contribution in [0.1, 0.15) is 98.5 Å². The molecule has 5 aromatic rings. The van der Waals surface area contributed by atoms with Gasteiger partial charge in [-0.1, -0.05) is 132 Å². The van der Waals surface area contributed by atoms with Crippen LogP contribution in [-0.4, -0.2) is 45.5 Å². The number of aliphatic carboxylic acids is 1. The van der Waals surface area contributed by atoms with Crippen molar-refractivity contribution in [1.29, 1.82) is 0 Å². The number of unbranched alkanes of at least 4 members (excludes halogenated alkanes) is 4. The molecule has 0 bridgehead atoms. The molecule has 2 atom stereocenters. The summed E-state index contributed by atoms with van der Waals surface area (Å²) >= 11 is 0. The number of aryl methyl sites for hydroxylation is 1. The first-order valence-electron chi connectivity index (χ1n) is 19.1. The van der Waals surface area contributed by atoms with Crippen molar-refractivity contribution < 1.29 is 24.2 Å². The van der Waals surface area contributed by atoms with E-state index in [4.69, 9.17) is 4.74 Å². The van der Waals surface area contributed by atoms with E-state index in [0.29, 0.717) is 23.6 Å². The third-order valence-electron chi connectivity index (χ3n) is 9.59. The molecule has 1 heterocycles. The maximum Gasteiger partial charge on any atom is 0.330 e. The zero-order chi connectivity index (χ0) is 39.4. The molecule has 55 heavy (non-hydrogen) atoms. The van der Waals surface area contributed by atoms with Crippen molar-refractivity contribution in [2.24, 2.45) is 0 Å². The summed E-state index contributed by atoms with van der Waals surface area (Å²) in [4.78, 5) is 48.8. The predicted octanol–water partition coefficient (Wildman–Crippen LogP) is 9.05. The van der Waals surface area contributed by atoms with Gasteiger partial charge >= 0.3 is 5.97 Å². The zero-order valence-corrected chi connectivity index (χ0v) is 32.5. The second-order valence-electron chi connectivity index (χ2n) is 15.0. The van der Waals surface area contributed by atoms with Crippen LogP contribution in [0.2, 0.25) is 0 Å². The standard InChI is InChI=1S/C46H52N4O5/c1-6-7-8-9-10-27-55-39-25-21-33(22-26-39)37-29-47-42(48-30-37)35-17-13-32(14-18-35)28-40(49-43(51)36-19-23-38(24-20-36)46(3,4)5)44(52)50-41(45(53)54)34-15-11-31(2)12-16-34/h11-26,29-30,40-41H,6-10,27-28H2,1-5H3,(H,49,51)(H,50,52)(H,53,54). The van der Waals surface area contributed by atoms with Gasteiger partial charge < -0.3 is 20.5 Å². The summed E-state index contributed by atoms with van der Waals surface area (Å²) in [6.07, 6.45) is 9.68. The average molecular weight is 741 g/mol. The highest BCUT2D eigenvalue weighted by molar-refractivity contribution is 5.98. The number of carboxylic acid groups (broad SMARTS) is 1. The Morgan fingerprint density at radius 2 is 1.35 bits per heavy atom. The van der Waals surface area contributed by atoms with Crippen LogP contribution in [0, 0.1) is 6.92 Å². The molecule has 0 fully saturated rings. The summed E-state index contributed by atoms with van der Waals surface area (Å²) < 4.78 is 5.90. The quantitative estimate of drug-likeness (QED) is 0.0811. The maximum atomic E-state index is 13.8. The molecule has 3 N–H and O–H groups in total. The van der Waals surface area contributed by atoms with Crippen molar-refractivity contribution in [3.8, 4) is 28.3 Å². The Kier molecular flexibility index (Phi) is 13.9. The lowest BCUT2D eigenvalue weighted by molar-refractivity contribution is -0.142. The van der Waals surface area contributed by atoms with Crippen molar-refractivity contribution in [2.75, 3.05) is 6.61 Å². The van der Waals surface area contributed by atoms with Gasteiger partial charge in [0, 0.05) is 35.5 Å². The highest BCUT2D eigenvalue weighted by atomic mass is 16.5. The van der Waals surface area contributed by atoms with Crippen molar-refractivity contribution in [1.82, 2.24) is 20.6 Å². The van der Waals surface area contributed by atoms with E-state index in [1.165, 1.54) is 25.7 Å². The lowest BCUT2D eigenvalue weighted by Gasteiger charge is -2.23. The Morgan fingerprint density at radius 3 is 1.95 bits per heavy atom. The van der Waals surface area contributed by atoms with E-state index in [1.54, 1.807) is 48.8 Å². The first-order chi connectivity index (χ1) is 26.4. The van der Waals surface area contributed by atoms with Crippen LogP contribution in [0.25, 0.3) is 22.5 Å². The number of carbonyl (C=O) groups excluding carboxylic acids is 2. The van der Waals surface area contributed by atoms with Gasteiger partial charge in [-0.05, 0) is 65.3 Å². The van der Waals surface area contributed by atoms with Crippen LogP contribution in [0.4, 0.5) is 0 Å². The van der Waals surface area contributed by atoms with Crippen LogP contribution in [0.5, 0.6) is 5.75 Å². The molecule has 0 radical (unpaired) electrons. The van der Waals surface area contributed by atoms with E-state index in [1.807, 2.05) is 67.6 Å². The number of aromatic nitrogens is 2. The van der Waals surface area contributed by atoms with Gasteiger partial charge in [0.1, 0.15) is 11.8 Å². The lowest BCUT2D eigenvalue weighted by Crippen LogP contribution is -2.50. The minimum Gasteiger partial charge on any atom is -0.494 e. The van der Waals surface area contributed by atoms with E-state index in [0.717, 1.165) is 45.6 Å². The third kappa shape index (κ3) is 11.6. The second-order valence-corrected chi connectivity index (χ2v) is 15.0. The molecule has 9 nitrogen and oxygen atoms in total. The van der Waals surface area contributed by atoms with Gasteiger partial charge in [-0.15, -0.1) is 0 Å². The number of nitrogens with zero attached hydrogens (tertiary/aromatic N) is 2. The SMILES string of the molecule is CCCCCCCOc1ccc(-c2cnc(-c3ccc(CC(NC(=O)c4ccc(C(C)(C)C)cc4)C(=O)NC(C(=O)O)c4ccc(C)cc4)cc3)nc2)cc1. The van der Waals surface area contributed by atoms with E-state index < -0.39 is 29.9 Å². The van der Waals surface area contributed by atoms with Gasteiger partial charge in [-0.25, -0.2) is 14.8 Å². The van der Waals surface area contributed by atoms with Crippen molar-refractivity contribution in [3.05, 3.63) is 137 Å². The fourth-order valence-corrected chi connectivity index (χ4v) is 6.15. The molecule has 0 aliphatic carbocycles. The fourth-order valence-electron chi connectivity index (χ4n) is 6.15. The maximum absolute atomic E-state index is 13.8. The lowest BCUT2D eigenvalue weighted by atomic mass is 9.86. The van der Waals surface area contributed by atoms with Crippen molar-refractivity contribution >= 4 is 17.8 Å². The largest absolute Gasteiger partial charge is 0.494 e. The monoisotopic (exact) mass is 740 g/mol. The number of nitrogens with one attached hydrogen (secondary N) is 2. The summed E-state index contributed by atoms with van der Waals surface area (Å²) in [6, 6.07) is 27.2. The Labute approximate surface area is 324 Å². The number of hydrogen-bond acceptors (Lipinski definition) is 6. The molecular weight excluding hydrogens is 689 g/mol. The number of carboxylic acids is 1. The van der Waals surface area contributed by atoms with Gasteiger partial charge in [0.2, 0.25) is 5.91 Å². The summed E-state index contributed by atoms with van der Waals surface area (Å²) in [5, 5.41) is 15.6. The first kappa shape index (κ1) is 40.4. The topological polar surface area (TPSA) is 131 Å². The van der Waals surface area contributed by atoms with Crippen molar-refractivity contribution in [2.45, 2.75) is 90.6 Å². The molecule has 0 spiro atoms. The first-order valence-corrected chi connectivity index (χ1v) is 19.1. The van der Waals surface area contributed by atoms with Crippen LogP contribution in [0.15, 0.2) is 109 Å². The number of carbonyl (C=O) groups is 3. The van der Waals surface area contributed by atoms with Gasteiger partial charge in [-0.2, -0.15) is 0 Å². The Bertz CT molecular complexity index is 2000. The average Bonchev–Trinajstić information content (AvgIpc) is 3.18. The van der Waals surface area contributed by atoms with Gasteiger partial charge in [0.15, 0.2) is 11.9 Å². The van der Waals surface area contributed by atoms with E-state index in [-0.39, 0.29) is 11.8 Å². The predicted molar refractivity (Wildman–Crippen MR) is 217 cm³/mol. The molecule has 5 rings (SSSR count). The fraction of sp³-hybridized carbons (Fsp3) is 0.326. The van der Waals surface area contributed by atoms with Gasteiger partial charge in [-0.3, -0.25) is 9.59 Å². The van der Waals surface area contributed by atoms with E-state index in [2.05, 4.69) is 48.3 Å². The smallest absolute Gasteiger partial charge is 0.330 e. The highest BCUT2D eigenvalue weighted by Gasteiger charge is 2.28. The van der Waals surface area contributed by atoms with Gasteiger partial charge in [0.05, 0.1) is 6.61 Å². The molecule has 0 saturated heterocycles. The van der Waals surface area contributed by atoms with E-state index in [9.17, 15) is 19.5 Å². The molecular formula is C46H52N4O5. The Hall–Kier alpha value is -5.83. The molecule has 4 aromatic carbocycles. The van der Waals surface area contributed by atoms with Crippen LogP contribution < -0.4 is 15.4 Å². The minimum absolute atomic E-state index is 0.0901. The minimum atomic E-state index is -1.29. The number of hydrogen-bond donors (Lipinski definition) is 3. The molecule has 9 heteroatoms. The normalized spacial score (nSPS) is 12.4. The number of rotatable bonds is 17. The highest BCUT2D eigenvalue weighted by Crippen LogP contribution is 2.25. The Balaban J connectivity index is 1.27. The molecule has 2 amide bonds. The summed E-state index contributed by atoms with van der Waals surface area (Å²) in [6.45, 7) is 11.1. The van der Waals surface area contributed by atoms with Crippen LogP contribution in [-0.2, 0) is 21.4 Å². The molecule has 2 unspecified atom stereocenters. The molecule has 1 aromatic heterocycles. The van der Waals surface area contributed by atoms with Crippen LogP contribution >= 0.6 is 0 Å². The molecule has 0 saturated carbocycles. The zero-order valence-electron chi connectivity index (χ0n) is 32.5.